The molecule has 1 amide bonds. The van der Waals surface area contributed by atoms with E-state index in [0.717, 1.165) is 83.9 Å². The molecule has 0 radical (unpaired) electrons. The average Bonchev–Trinajstić information content (AvgIpc) is 3.39. The van der Waals surface area contributed by atoms with Gasteiger partial charge in [0.2, 0.25) is 11.7 Å². The van der Waals surface area contributed by atoms with Crippen LogP contribution < -0.4 is 9.47 Å². The number of unbranched alkanes of at least 4 members (excludes halogenated alkanes) is 10. The van der Waals surface area contributed by atoms with Crippen molar-refractivity contribution < 1.29 is 43.9 Å². The monoisotopic (exact) mass is 973 g/mol. The number of benzene rings is 4. The molecule has 3 aliphatic rings. The van der Waals surface area contributed by atoms with Crippen LogP contribution in [-0.4, -0.2) is 89.9 Å². The van der Waals surface area contributed by atoms with Gasteiger partial charge in [0.25, 0.3) is 0 Å². The molecule has 0 spiro atoms. The zero-order valence-corrected chi connectivity index (χ0v) is 42.3. The first-order valence-electron chi connectivity index (χ1n) is 26.8. The molecule has 6 atom stereocenters. The standard InChI is InChI=1S/C60H80N2O9/c1-3-5-6-7-8-9-10-11-15-28-57(66)62(33-38-67-39-36-65)56-43-54(61-69-44-45-22-13-12-14-23-45)52-41-48(26-18-20-34-63)51(27-19-21-35-64)58-53-42-50(70-49-30-29-46-24-16-17-25-47(46)40-49)31-32-55(53)71-60(56,59(52)58)68-37-4-2/h4,12-14,16-17,22-25,29-32,40-42,48,51,56,58-59,63-65H,2-3,5-11,15,18-21,26-28,33-39,43-44H2,1H3. The quantitative estimate of drug-likeness (QED) is 0.0248. The number of rotatable bonds is 32. The second kappa shape index (κ2) is 28.3. The van der Waals surface area contributed by atoms with Gasteiger partial charge in [-0.1, -0.05) is 149 Å². The van der Waals surface area contributed by atoms with Crippen LogP contribution in [0.25, 0.3) is 10.8 Å². The molecule has 1 aliphatic heterocycles. The number of aliphatic hydroxyl groups excluding tert-OH is 3. The number of hydrogen-bond acceptors (Lipinski definition) is 10. The van der Waals surface area contributed by atoms with Gasteiger partial charge in [-0.15, -0.1) is 6.58 Å². The summed E-state index contributed by atoms with van der Waals surface area (Å²) in [6.45, 7) is 7.49. The van der Waals surface area contributed by atoms with Gasteiger partial charge in [0.1, 0.15) is 29.9 Å². The third kappa shape index (κ3) is 14.1. The molecule has 71 heavy (non-hydrogen) atoms. The van der Waals surface area contributed by atoms with Crippen LogP contribution in [0, 0.1) is 17.8 Å². The lowest BCUT2D eigenvalue weighted by Gasteiger charge is -2.60. The summed E-state index contributed by atoms with van der Waals surface area (Å²) < 4.78 is 27.4. The van der Waals surface area contributed by atoms with Crippen molar-refractivity contribution in [2.24, 2.45) is 22.9 Å². The van der Waals surface area contributed by atoms with E-state index in [0.29, 0.717) is 37.2 Å². The number of hydrogen-bond donors (Lipinski definition) is 3. The molecule has 0 aromatic heterocycles. The van der Waals surface area contributed by atoms with E-state index in [1.807, 2.05) is 65.6 Å². The maximum atomic E-state index is 15.1. The minimum Gasteiger partial charge on any atom is -0.459 e. The summed E-state index contributed by atoms with van der Waals surface area (Å²) in [6.07, 6.45) is 19.7. The Labute approximate surface area is 422 Å². The van der Waals surface area contributed by atoms with Crippen molar-refractivity contribution in [3.63, 3.8) is 0 Å². The number of oxime groups is 1. The van der Waals surface area contributed by atoms with Crippen molar-refractivity contribution in [1.29, 1.82) is 0 Å². The fraction of sp³-hybridized carbons (Fsp3) is 0.533. The topological polar surface area (TPSA) is 140 Å². The summed E-state index contributed by atoms with van der Waals surface area (Å²) in [5, 5.41) is 37.1. The van der Waals surface area contributed by atoms with Crippen molar-refractivity contribution in [3.05, 3.63) is 126 Å². The van der Waals surface area contributed by atoms with Crippen LogP contribution in [0.15, 0.2) is 120 Å². The van der Waals surface area contributed by atoms with Crippen molar-refractivity contribution in [1.82, 2.24) is 4.90 Å². The molecule has 4 aromatic rings. The highest BCUT2D eigenvalue weighted by atomic mass is 16.7. The third-order valence-electron chi connectivity index (χ3n) is 14.8. The van der Waals surface area contributed by atoms with Gasteiger partial charge in [0.05, 0.1) is 38.1 Å². The second-order valence-corrected chi connectivity index (χ2v) is 19.6. The van der Waals surface area contributed by atoms with Crippen LogP contribution in [0.1, 0.15) is 133 Å². The first-order chi connectivity index (χ1) is 34.9. The van der Waals surface area contributed by atoms with Crippen LogP contribution in [0.4, 0.5) is 0 Å². The van der Waals surface area contributed by atoms with E-state index in [9.17, 15) is 15.3 Å². The van der Waals surface area contributed by atoms with E-state index in [2.05, 4.69) is 49.9 Å². The minimum atomic E-state index is -1.40. The van der Waals surface area contributed by atoms with Gasteiger partial charge in [-0.05, 0) is 96.2 Å². The summed E-state index contributed by atoms with van der Waals surface area (Å²) in [5.41, 5.74) is 3.70. The minimum absolute atomic E-state index is 0.00799. The molecule has 11 nitrogen and oxygen atoms in total. The Hall–Kier alpha value is -5.04. The Kier molecular flexibility index (Phi) is 21.4. The zero-order chi connectivity index (χ0) is 49.7. The summed E-state index contributed by atoms with van der Waals surface area (Å²) >= 11 is 0. The van der Waals surface area contributed by atoms with Crippen molar-refractivity contribution in [3.8, 4) is 17.2 Å². The fourth-order valence-electron chi connectivity index (χ4n) is 11.4. The van der Waals surface area contributed by atoms with Crippen molar-refractivity contribution >= 4 is 22.4 Å². The SMILES string of the molecule is C=CCOC12Oc3ccc(Oc4ccc5ccccc5c4)cc3C3C(CCCCO)C(CCCCO)C=C(C(=NOCc4ccccc4)CC1N(CCOCCO)C(=O)CCCCCCCCCCC)C32. The molecule has 1 heterocycles. The molecule has 1 saturated carbocycles. The van der Waals surface area contributed by atoms with E-state index in [1.165, 1.54) is 38.5 Å². The maximum absolute atomic E-state index is 15.1. The molecule has 6 unspecified atom stereocenters. The number of ether oxygens (including phenoxy) is 4. The molecule has 2 aliphatic carbocycles. The van der Waals surface area contributed by atoms with Crippen LogP contribution in [-0.2, 0) is 25.7 Å². The summed E-state index contributed by atoms with van der Waals surface area (Å²) in [7, 11) is 0. The second-order valence-electron chi connectivity index (χ2n) is 19.6. The van der Waals surface area contributed by atoms with Gasteiger partial charge >= 0.3 is 0 Å². The molecular formula is C60H80N2O9. The normalized spacial score (nSPS) is 21.8. The van der Waals surface area contributed by atoms with Gasteiger partial charge < -0.3 is 44.0 Å². The van der Waals surface area contributed by atoms with Crippen molar-refractivity contribution in [2.75, 3.05) is 46.2 Å². The number of carbonyl (C=O) groups is 1. The molecule has 4 aromatic carbocycles. The zero-order valence-electron chi connectivity index (χ0n) is 42.3. The first kappa shape index (κ1) is 53.8. The Morgan fingerprint density at radius 2 is 1.49 bits per heavy atom. The smallest absolute Gasteiger partial charge is 0.239 e. The Balaban J connectivity index is 1.35. The number of nitrogens with zero attached hydrogens (tertiary/aromatic N) is 2. The van der Waals surface area contributed by atoms with E-state index < -0.39 is 17.7 Å². The molecule has 0 saturated heterocycles. The lowest BCUT2D eigenvalue weighted by molar-refractivity contribution is -0.258. The molecule has 3 N–H and O–H groups in total. The van der Waals surface area contributed by atoms with E-state index in [1.54, 1.807) is 6.08 Å². The number of aliphatic hydroxyl groups is 3. The van der Waals surface area contributed by atoms with Gasteiger partial charge in [0, 0.05) is 44.1 Å². The average molecular weight is 973 g/mol. The number of fused-ring (bicyclic) bond motifs is 3. The molecule has 11 heteroatoms. The van der Waals surface area contributed by atoms with Gasteiger partial charge in [0.15, 0.2) is 0 Å². The summed E-state index contributed by atoms with van der Waals surface area (Å²) in [4.78, 5) is 23.3. The number of carbonyl (C=O) groups excluding carboxylic acids is 1. The predicted octanol–water partition coefficient (Wildman–Crippen LogP) is 12.2. The molecule has 0 bridgehead atoms. The maximum Gasteiger partial charge on any atom is 0.239 e. The lowest BCUT2D eigenvalue weighted by atomic mass is 9.55. The van der Waals surface area contributed by atoms with Gasteiger partial charge in [-0.3, -0.25) is 4.79 Å². The summed E-state index contributed by atoms with van der Waals surface area (Å²) in [6, 6.07) is 29.8. The predicted molar refractivity (Wildman–Crippen MR) is 282 cm³/mol. The number of allylic oxidation sites excluding steroid dienone is 1. The first-order valence-corrected chi connectivity index (χ1v) is 26.8. The Morgan fingerprint density at radius 3 is 2.24 bits per heavy atom. The highest BCUT2D eigenvalue weighted by Gasteiger charge is 2.65. The van der Waals surface area contributed by atoms with E-state index in [4.69, 9.17) is 28.9 Å². The number of amides is 1. The van der Waals surface area contributed by atoms with Crippen molar-refractivity contribution in [2.45, 2.75) is 140 Å². The third-order valence-corrected chi connectivity index (χ3v) is 14.8. The molecule has 7 rings (SSSR count). The summed E-state index contributed by atoms with van der Waals surface area (Å²) in [5.74, 6) is 0.135. The van der Waals surface area contributed by atoms with Crippen LogP contribution in [0.5, 0.6) is 17.2 Å². The fourth-order valence-corrected chi connectivity index (χ4v) is 11.4. The van der Waals surface area contributed by atoms with Gasteiger partial charge in [-0.25, -0.2) is 0 Å². The van der Waals surface area contributed by atoms with Crippen LogP contribution >= 0.6 is 0 Å². The van der Waals surface area contributed by atoms with Crippen LogP contribution in [0.3, 0.4) is 0 Å². The van der Waals surface area contributed by atoms with E-state index in [-0.39, 0.29) is 76.5 Å². The molecule has 384 valence electrons. The highest BCUT2D eigenvalue weighted by molar-refractivity contribution is 6.03. The van der Waals surface area contributed by atoms with E-state index >= 15 is 4.79 Å². The molecular weight excluding hydrogens is 893 g/mol. The Bertz CT molecular complexity index is 2320. The van der Waals surface area contributed by atoms with Gasteiger partial charge in [-0.2, -0.15) is 0 Å². The Morgan fingerprint density at radius 1 is 0.789 bits per heavy atom. The highest BCUT2D eigenvalue weighted by Crippen LogP contribution is 2.62. The molecule has 1 fully saturated rings. The largest absolute Gasteiger partial charge is 0.459 e. The van der Waals surface area contributed by atoms with Crippen LogP contribution in [0.2, 0.25) is 0 Å². The lowest BCUT2D eigenvalue weighted by Crippen LogP contribution is -2.70.